The Labute approximate surface area is 229 Å². The number of benzene rings is 1. The van der Waals surface area contributed by atoms with Crippen LogP contribution in [0.2, 0.25) is 5.02 Å². The van der Waals surface area contributed by atoms with Crippen molar-refractivity contribution in [3.05, 3.63) is 86.6 Å². The molecular weight excluding hydrogens is 520 g/mol. The number of aromatic nitrogens is 4. The third-order valence-corrected chi connectivity index (χ3v) is 6.97. The molecule has 5 rings (SSSR count). The SMILES string of the molecule is COc1ncc(-c2cc3c(n2C(C)C)[C@H](c2ccc(C#N)cc2)N(c2cc(Cl)c(=O)n(C)c2)C3=O)c(OC)n1. The fourth-order valence-corrected chi connectivity index (χ4v) is 5.25. The molecule has 1 aliphatic heterocycles. The normalized spacial score (nSPS) is 14.5. The lowest BCUT2D eigenvalue weighted by Gasteiger charge is -2.29. The van der Waals surface area contributed by atoms with Gasteiger partial charge in [-0.15, -0.1) is 0 Å². The number of hydrogen-bond donors (Lipinski definition) is 0. The van der Waals surface area contributed by atoms with Gasteiger partial charge in [0.25, 0.3) is 11.5 Å². The van der Waals surface area contributed by atoms with Crippen LogP contribution in [0.15, 0.2) is 53.6 Å². The average molecular weight is 545 g/mol. The number of fused-ring (bicyclic) bond motifs is 1. The van der Waals surface area contributed by atoms with Crippen molar-refractivity contribution in [2.24, 2.45) is 7.05 Å². The summed E-state index contributed by atoms with van der Waals surface area (Å²) in [5.74, 6) is 0.0483. The van der Waals surface area contributed by atoms with Crippen molar-refractivity contribution < 1.29 is 14.3 Å². The van der Waals surface area contributed by atoms with E-state index in [0.717, 1.165) is 11.3 Å². The molecule has 11 heteroatoms. The number of nitriles is 1. The lowest BCUT2D eigenvalue weighted by atomic mass is 10.0. The van der Waals surface area contributed by atoms with Gasteiger partial charge in [0, 0.05) is 25.5 Å². The van der Waals surface area contributed by atoms with Gasteiger partial charge >= 0.3 is 6.01 Å². The second kappa shape index (κ2) is 9.93. The number of aryl methyl sites for hydroxylation is 1. The molecule has 0 unspecified atom stereocenters. The second-order valence-corrected chi connectivity index (χ2v) is 9.75. The topological polar surface area (TPSA) is 115 Å². The fraction of sp³-hybridized carbons (Fsp3) is 0.250. The number of hydrogen-bond acceptors (Lipinski definition) is 7. The highest BCUT2D eigenvalue weighted by Crippen LogP contribution is 2.47. The van der Waals surface area contributed by atoms with Gasteiger partial charge in [-0.25, -0.2) is 4.98 Å². The van der Waals surface area contributed by atoms with Gasteiger partial charge in [0.05, 0.1) is 54.1 Å². The van der Waals surface area contributed by atoms with Gasteiger partial charge in [-0.2, -0.15) is 10.2 Å². The molecule has 1 amide bonds. The Balaban J connectivity index is 1.79. The quantitative estimate of drug-likeness (QED) is 0.350. The molecule has 39 heavy (non-hydrogen) atoms. The van der Waals surface area contributed by atoms with Crippen LogP contribution in [0.3, 0.4) is 0 Å². The van der Waals surface area contributed by atoms with Crippen LogP contribution in [0.1, 0.15) is 53.1 Å². The summed E-state index contributed by atoms with van der Waals surface area (Å²) >= 11 is 6.26. The lowest BCUT2D eigenvalue weighted by Crippen LogP contribution is -2.31. The van der Waals surface area contributed by atoms with Gasteiger partial charge in [0.2, 0.25) is 5.88 Å². The van der Waals surface area contributed by atoms with Crippen LogP contribution < -0.4 is 19.9 Å². The molecule has 4 heterocycles. The number of methoxy groups -OCH3 is 2. The minimum atomic E-state index is -0.574. The van der Waals surface area contributed by atoms with Crippen LogP contribution in [0, 0.1) is 11.3 Å². The number of carbonyl (C=O) groups excluding carboxylic acids is 1. The summed E-state index contributed by atoms with van der Waals surface area (Å²) in [4.78, 5) is 36.7. The van der Waals surface area contributed by atoms with E-state index in [9.17, 15) is 14.9 Å². The summed E-state index contributed by atoms with van der Waals surface area (Å²) in [7, 11) is 4.57. The molecule has 0 spiro atoms. The monoisotopic (exact) mass is 544 g/mol. The maximum atomic E-state index is 14.1. The summed E-state index contributed by atoms with van der Waals surface area (Å²) < 4.78 is 14.1. The first-order chi connectivity index (χ1) is 18.7. The Morgan fingerprint density at radius 3 is 2.38 bits per heavy atom. The van der Waals surface area contributed by atoms with E-state index in [1.54, 1.807) is 36.5 Å². The fourth-order valence-electron chi connectivity index (χ4n) is 5.00. The summed E-state index contributed by atoms with van der Waals surface area (Å²) in [6.45, 7) is 4.04. The number of rotatable bonds is 6. The van der Waals surface area contributed by atoms with Crippen molar-refractivity contribution in [1.82, 2.24) is 19.1 Å². The van der Waals surface area contributed by atoms with Crippen molar-refractivity contribution in [2.45, 2.75) is 25.9 Å². The minimum absolute atomic E-state index is 0.00510. The predicted octanol–water partition coefficient (Wildman–Crippen LogP) is 4.52. The molecule has 0 N–H and O–H groups in total. The van der Waals surface area contributed by atoms with Crippen molar-refractivity contribution in [1.29, 1.82) is 5.26 Å². The average Bonchev–Trinajstić information content (AvgIpc) is 3.46. The van der Waals surface area contributed by atoms with E-state index in [4.69, 9.17) is 21.1 Å². The molecule has 1 atom stereocenters. The largest absolute Gasteiger partial charge is 0.480 e. The van der Waals surface area contributed by atoms with E-state index >= 15 is 0 Å². The van der Waals surface area contributed by atoms with Gasteiger partial charge in [-0.05, 0) is 43.7 Å². The van der Waals surface area contributed by atoms with Crippen LogP contribution >= 0.6 is 11.6 Å². The molecule has 4 aromatic rings. The van der Waals surface area contributed by atoms with Crippen LogP contribution in [0.5, 0.6) is 11.9 Å². The maximum Gasteiger partial charge on any atom is 0.319 e. The Kier molecular flexibility index (Phi) is 6.62. The third kappa shape index (κ3) is 4.21. The number of nitrogens with zero attached hydrogens (tertiary/aromatic N) is 6. The molecule has 10 nitrogen and oxygen atoms in total. The van der Waals surface area contributed by atoms with Crippen LogP contribution in [-0.2, 0) is 7.05 Å². The van der Waals surface area contributed by atoms with Gasteiger partial charge in [0.1, 0.15) is 11.1 Å². The van der Waals surface area contributed by atoms with Crippen molar-refractivity contribution in [2.75, 3.05) is 19.1 Å². The number of halogens is 1. The molecule has 0 saturated carbocycles. The molecule has 0 radical (unpaired) electrons. The highest BCUT2D eigenvalue weighted by Gasteiger charge is 2.44. The van der Waals surface area contributed by atoms with Crippen LogP contribution in [0.25, 0.3) is 11.3 Å². The minimum Gasteiger partial charge on any atom is -0.480 e. The Hall–Kier alpha value is -4.62. The summed E-state index contributed by atoms with van der Waals surface area (Å²) in [5, 5.41) is 9.35. The molecule has 198 valence electrons. The van der Waals surface area contributed by atoms with Crippen molar-refractivity contribution in [3.8, 4) is 29.2 Å². The molecule has 0 aliphatic carbocycles. The molecular formula is C28H25ClN6O4. The van der Waals surface area contributed by atoms with Gasteiger partial charge in [-0.3, -0.25) is 14.5 Å². The highest BCUT2D eigenvalue weighted by atomic mass is 35.5. The molecule has 3 aromatic heterocycles. The second-order valence-electron chi connectivity index (χ2n) is 9.35. The summed E-state index contributed by atoms with van der Waals surface area (Å²) in [6, 6.07) is 12.1. The third-order valence-electron chi connectivity index (χ3n) is 6.70. The lowest BCUT2D eigenvalue weighted by molar-refractivity contribution is 0.0993. The highest BCUT2D eigenvalue weighted by molar-refractivity contribution is 6.30. The van der Waals surface area contributed by atoms with E-state index < -0.39 is 6.04 Å². The molecule has 0 saturated heterocycles. The smallest absolute Gasteiger partial charge is 0.319 e. The first kappa shape index (κ1) is 26.0. The molecule has 1 aliphatic rings. The number of pyridine rings is 1. The summed E-state index contributed by atoms with van der Waals surface area (Å²) in [6.07, 6.45) is 3.20. The van der Waals surface area contributed by atoms with E-state index in [0.29, 0.717) is 34.0 Å². The standard InChI is InChI=1S/C28H25ClN6O4/c1-15(2)34-22(20-13-31-28(39-5)32-25(20)38-4)11-19-24(34)23(17-8-6-16(12-30)7-9-17)35(26(19)36)18-10-21(29)27(37)33(3)14-18/h6-11,13-15,23H,1-5H3/t23-/m0/s1. The Bertz CT molecular complexity index is 1670. The Morgan fingerprint density at radius 1 is 1.08 bits per heavy atom. The molecule has 0 bridgehead atoms. The van der Waals surface area contributed by atoms with E-state index in [1.807, 2.05) is 32.0 Å². The summed E-state index contributed by atoms with van der Waals surface area (Å²) in [5.41, 5.74) is 3.94. The first-order valence-corrected chi connectivity index (χ1v) is 12.5. The van der Waals surface area contributed by atoms with Crippen LogP contribution in [0.4, 0.5) is 5.69 Å². The number of ether oxygens (including phenoxy) is 2. The van der Waals surface area contributed by atoms with E-state index in [1.165, 1.54) is 24.9 Å². The van der Waals surface area contributed by atoms with E-state index in [-0.39, 0.29) is 28.5 Å². The zero-order chi connectivity index (χ0) is 28.0. The Morgan fingerprint density at radius 2 is 1.79 bits per heavy atom. The van der Waals surface area contributed by atoms with Gasteiger partial charge < -0.3 is 18.6 Å². The predicted molar refractivity (Wildman–Crippen MR) is 145 cm³/mol. The zero-order valence-electron chi connectivity index (χ0n) is 22.0. The van der Waals surface area contributed by atoms with Gasteiger partial charge in [0.15, 0.2) is 0 Å². The van der Waals surface area contributed by atoms with Crippen molar-refractivity contribution >= 4 is 23.2 Å². The molecule has 0 fully saturated rings. The molecule has 1 aromatic carbocycles. The maximum absolute atomic E-state index is 14.1. The van der Waals surface area contributed by atoms with Crippen LogP contribution in [-0.4, -0.2) is 39.2 Å². The number of carbonyl (C=O) groups is 1. The zero-order valence-corrected chi connectivity index (χ0v) is 22.7. The number of amides is 1. The number of anilines is 1. The van der Waals surface area contributed by atoms with E-state index in [2.05, 4.69) is 20.6 Å². The first-order valence-electron chi connectivity index (χ1n) is 12.1. The van der Waals surface area contributed by atoms with Gasteiger partial charge in [-0.1, -0.05) is 23.7 Å². The van der Waals surface area contributed by atoms with Crippen molar-refractivity contribution in [3.63, 3.8) is 0 Å².